The smallest absolute Gasteiger partial charge is 0.122 e. The normalized spacial score (nSPS) is 10.6. The molecule has 1 aromatic carbocycles. The van der Waals surface area contributed by atoms with Crippen LogP contribution in [0.2, 0.25) is 5.02 Å². The van der Waals surface area contributed by atoms with E-state index < -0.39 is 0 Å². The van der Waals surface area contributed by atoms with Crippen molar-refractivity contribution in [3.8, 4) is 5.75 Å². The molecule has 0 radical (unpaired) electrons. The second-order valence-corrected chi connectivity index (χ2v) is 3.88. The monoisotopic (exact) mass is 213 g/mol. The van der Waals surface area contributed by atoms with E-state index in [9.17, 15) is 5.11 Å². The van der Waals surface area contributed by atoms with E-state index in [1.807, 2.05) is 27.0 Å². The highest BCUT2D eigenvalue weighted by atomic mass is 35.5. The van der Waals surface area contributed by atoms with E-state index in [0.717, 1.165) is 34.7 Å². The van der Waals surface area contributed by atoms with E-state index in [2.05, 4.69) is 5.32 Å². The molecule has 0 bridgehead atoms. The predicted molar refractivity (Wildman–Crippen MR) is 60.2 cm³/mol. The minimum Gasteiger partial charge on any atom is -0.507 e. The third kappa shape index (κ3) is 2.20. The number of phenolic OH excluding ortho intramolecular Hbond substituents is 1. The van der Waals surface area contributed by atoms with Crippen molar-refractivity contribution >= 4 is 11.6 Å². The number of benzene rings is 1. The highest BCUT2D eigenvalue weighted by Crippen LogP contribution is 2.30. The minimum absolute atomic E-state index is 0.377. The van der Waals surface area contributed by atoms with Crippen LogP contribution < -0.4 is 5.32 Å². The Morgan fingerprint density at radius 2 is 2.00 bits per heavy atom. The quantitative estimate of drug-likeness (QED) is 0.809. The first-order valence-corrected chi connectivity index (χ1v) is 5.08. The lowest BCUT2D eigenvalue weighted by Crippen LogP contribution is -2.10. The van der Waals surface area contributed by atoms with Crippen LogP contribution in [0.15, 0.2) is 6.07 Å². The summed E-state index contributed by atoms with van der Waals surface area (Å²) in [4.78, 5) is 0. The summed E-state index contributed by atoms with van der Waals surface area (Å²) in [5, 5.41) is 13.6. The number of halogens is 1. The summed E-state index contributed by atoms with van der Waals surface area (Å²) in [5.41, 5.74) is 2.74. The van der Waals surface area contributed by atoms with Gasteiger partial charge in [-0.05, 0) is 56.6 Å². The molecule has 0 fully saturated rings. The number of likely N-dealkylation sites (N-methyl/N-ethyl adjacent to an activating group) is 1. The zero-order valence-corrected chi connectivity index (χ0v) is 9.57. The molecule has 0 heterocycles. The lowest BCUT2D eigenvalue weighted by Gasteiger charge is -2.11. The fourth-order valence-electron chi connectivity index (χ4n) is 1.38. The first kappa shape index (κ1) is 11.3. The van der Waals surface area contributed by atoms with Crippen LogP contribution in [0, 0.1) is 13.8 Å². The van der Waals surface area contributed by atoms with Crippen molar-refractivity contribution in [3.05, 3.63) is 27.8 Å². The van der Waals surface area contributed by atoms with Crippen molar-refractivity contribution in [2.45, 2.75) is 20.3 Å². The Kier molecular flexibility index (Phi) is 3.78. The highest BCUT2D eigenvalue weighted by molar-refractivity contribution is 6.31. The molecule has 1 aromatic rings. The number of hydrogen-bond donors (Lipinski definition) is 2. The van der Waals surface area contributed by atoms with Gasteiger partial charge in [-0.1, -0.05) is 11.6 Å². The second-order valence-electron chi connectivity index (χ2n) is 3.47. The lowest BCUT2D eigenvalue weighted by molar-refractivity contribution is 0.462. The van der Waals surface area contributed by atoms with Crippen LogP contribution in [0.1, 0.15) is 16.7 Å². The summed E-state index contributed by atoms with van der Waals surface area (Å²) in [6.45, 7) is 4.64. The minimum atomic E-state index is 0.377. The van der Waals surface area contributed by atoms with E-state index in [0.29, 0.717) is 5.75 Å². The summed E-state index contributed by atoms with van der Waals surface area (Å²) in [7, 11) is 1.89. The Labute approximate surface area is 89.9 Å². The zero-order chi connectivity index (χ0) is 10.7. The maximum absolute atomic E-state index is 9.84. The summed E-state index contributed by atoms with van der Waals surface area (Å²) >= 11 is 6.04. The van der Waals surface area contributed by atoms with Gasteiger partial charge in [0, 0.05) is 5.02 Å². The van der Waals surface area contributed by atoms with Crippen molar-refractivity contribution in [1.82, 2.24) is 5.32 Å². The van der Waals surface area contributed by atoms with Crippen LogP contribution in [0.5, 0.6) is 5.75 Å². The first-order valence-electron chi connectivity index (χ1n) is 4.70. The summed E-state index contributed by atoms with van der Waals surface area (Å²) in [5.74, 6) is 0.377. The number of hydrogen-bond acceptors (Lipinski definition) is 2. The van der Waals surface area contributed by atoms with Gasteiger partial charge in [-0.2, -0.15) is 0 Å². The van der Waals surface area contributed by atoms with E-state index in [1.54, 1.807) is 0 Å². The standard InChI is InChI=1S/C11H16ClNO/c1-7-8(2)11(14)9(4-5-13-3)6-10(7)12/h6,13-14H,4-5H2,1-3H3. The molecule has 0 aromatic heterocycles. The van der Waals surface area contributed by atoms with Gasteiger partial charge in [0.05, 0.1) is 0 Å². The van der Waals surface area contributed by atoms with E-state index in [-0.39, 0.29) is 0 Å². The molecule has 2 N–H and O–H groups in total. The topological polar surface area (TPSA) is 32.3 Å². The highest BCUT2D eigenvalue weighted by Gasteiger charge is 2.09. The molecule has 0 unspecified atom stereocenters. The summed E-state index contributed by atoms with van der Waals surface area (Å²) in [6, 6.07) is 1.84. The van der Waals surface area contributed by atoms with Crippen LogP contribution in [0.4, 0.5) is 0 Å². The van der Waals surface area contributed by atoms with E-state index in [4.69, 9.17) is 11.6 Å². The molecule has 0 aliphatic rings. The van der Waals surface area contributed by atoms with Gasteiger partial charge in [0.25, 0.3) is 0 Å². The van der Waals surface area contributed by atoms with Crippen molar-refractivity contribution < 1.29 is 5.11 Å². The molecule has 0 saturated heterocycles. The fourth-order valence-corrected chi connectivity index (χ4v) is 1.65. The molecule has 0 spiro atoms. The Morgan fingerprint density at radius 3 is 2.57 bits per heavy atom. The molecular weight excluding hydrogens is 198 g/mol. The molecular formula is C11H16ClNO. The number of phenols is 1. The van der Waals surface area contributed by atoms with Crippen LogP contribution in [0.25, 0.3) is 0 Å². The van der Waals surface area contributed by atoms with Gasteiger partial charge in [-0.25, -0.2) is 0 Å². The molecule has 2 nitrogen and oxygen atoms in total. The molecule has 78 valence electrons. The molecule has 14 heavy (non-hydrogen) atoms. The van der Waals surface area contributed by atoms with Gasteiger partial charge in [0.15, 0.2) is 0 Å². The molecule has 0 aliphatic heterocycles. The number of aromatic hydroxyl groups is 1. The van der Waals surface area contributed by atoms with E-state index >= 15 is 0 Å². The maximum atomic E-state index is 9.84. The van der Waals surface area contributed by atoms with Gasteiger partial charge in [-0.15, -0.1) is 0 Å². The van der Waals surface area contributed by atoms with Crippen LogP contribution >= 0.6 is 11.6 Å². The Bertz CT molecular complexity index is 337. The first-order chi connectivity index (χ1) is 6.57. The summed E-state index contributed by atoms with van der Waals surface area (Å²) in [6.07, 6.45) is 0.795. The molecule has 0 saturated carbocycles. The number of nitrogens with one attached hydrogen (secondary N) is 1. The zero-order valence-electron chi connectivity index (χ0n) is 8.82. The number of rotatable bonds is 3. The Hall–Kier alpha value is -0.730. The van der Waals surface area contributed by atoms with Crippen LogP contribution in [-0.2, 0) is 6.42 Å². The Balaban J connectivity index is 3.06. The molecule has 3 heteroatoms. The molecule has 1 rings (SSSR count). The van der Waals surface area contributed by atoms with Crippen molar-refractivity contribution in [2.75, 3.05) is 13.6 Å². The Morgan fingerprint density at radius 1 is 1.36 bits per heavy atom. The van der Waals surface area contributed by atoms with Gasteiger partial charge in [0.1, 0.15) is 5.75 Å². The van der Waals surface area contributed by atoms with Gasteiger partial charge >= 0.3 is 0 Å². The average Bonchev–Trinajstić information content (AvgIpc) is 2.18. The molecule has 0 aliphatic carbocycles. The van der Waals surface area contributed by atoms with Crippen molar-refractivity contribution in [1.29, 1.82) is 0 Å². The largest absolute Gasteiger partial charge is 0.507 e. The maximum Gasteiger partial charge on any atom is 0.122 e. The van der Waals surface area contributed by atoms with Crippen molar-refractivity contribution in [2.24, 2.45) is 0 Å². The molecule has 0 atom stereocenters. The van der Waals surface area contributed by atoms with Gasteiger partial charge in [-0.3, -0.25) is 0 Å². The third-order valence-corrected chi connectivity index (χ3v) is 2.92. The average molecular weight is 214 g/mol. The van der Waals surface area contributed by atoms with E-state index in [1.165, 1.54) is 0 Å². The third-order valence-electron chi connectivity index (χ3n) is 2.53. The van der Waals surface area contributed by atoms with Crippen LogP contribution in [0.3, 0.4) is 0 Å². The summed E-state index contributed by atoms with van der Waals surface area (Å²) < 4.78 is 0. The lowest BCUT2D eigenvalue weighted by atomic mass is 10.0. The van der Waals surface area contributed by atoms with Crippen LogP contribution in [-0.4, -0.2) is 18.7 Å². The van der Waals surface area contributed by atoms with Gasteiger partial charge < -0.3 is 10.4 Å². The fraction of sp³-hybridized carbons (Fsp3) is 0.455. The predicted octanol–water partition coefficient (Wildman–Crippen LogP) is 2.42. The SMILES string of the molecule is CNCCc1cc(Cl)c(C)c(C)c1O. The van der Waals surface area contributed by atoms with Crippen molar-refractivity contribution in [3.63, 3.8) is 0 Å². The molecule has 0 amide bonds. The van der Waals surface area contributed by atoms with Gasteiger partial charge in [0.2, 0.25) is 0 Å². The second kappa shape index (κ2) is 4.67.